The average molecular weight is 488 g/mol. The molecule has 0 spiro atoms. The monoisotopic (exact) mass is 487 g/mol. The topological polar surface area (TPSA) is 120 Å². The number of nitrogens with one attached hydrogen (secondary N) is 1. The normalized spacial score (nSPS) is 17.8. The lowest BCUT2D eigenvalue weighted by Gasteiger charge is -2.19. The zero-order chi connectivity index (χ0) is 25.6. The first-order chi connectivity index (χ1) is 17.2. The van der Waals surface area contributed by atoms with Crippen LogP contribution in [0.1, 0.15) is 69.7 Å². The van der Waals surface area contributed by atoms with Crippen molar-refractivity contribution in [3.05, 3.63) is 64.5 Å². The van der Waals surface area contributed by atoms with Crippen molar-refractivity contribution in [3.8, 4) is 11.1 Å². The maximum absolute atomic E-state index is 13.1. The predicted octanol–water partition coefficient (Wildman–Crippen LogP) is 3.76. The maximum atomic E-state index is 13.1. The first kappa shape index (κ1) is 24.0. The number of aromatic nitrogens is 4. The molecule has 1 amide bonds. The second-order valence-electron chi connectivity index (χ2n) is 10.4. The lowest BCUT2D eigenvalue weighted by atomic mass is 10.0. The maximum Gasteiger partial charge on any atom is 0.287 e. The van der Waals surface area contributed by atoms with E-state index in [1.807, 2.05) is 45.0 Å². The van der Waals surface area contributed by atoms with E-state index in [0.717, 1.165) is 42.4 Å². The Labute approximate surface area is 210 Å². The van der Waals surface area contributed by atoms with Crippen LogP contribution in [0.5, 0.6) is 0 Å². The quantitative estimate of drug-likeness (QED) is 0.388. The molecule has 0 saturated heterocycles. The Kier molecular flexibility index (Phi) is 6.02. The standard InChI is InChI=1S/C27H33N7O2/c1-16(2)34-24(17(3)13-30-34)31-23(28)25(35)32-27(11-12-27)21-9-7-20(8-10-21)22-14-29-15-33(26(22)36)18(4)19-5-6-19/h7-10,13-16,18-19H,5-6,11-12H2,1-4H3,(H2,28,31)(H,32,35)/t18-/m1/s1. The second-order valence-corrected chi connectivity index (χ2v) is 10.4. The van der Waals surface area contributed by atoms with Gasteiger partial charge in [-0.05, 0) is 70.4 Å². The summed E-state index contributed by atoms with van der Waals surface area (Å²) in [6.07, 6.45) is 8.94. The first-order valence-electron chi connectivity index (χ1n) is 12.6. The van der Waals surface area contributed by atoms with E-state index < -0.39 is 11.4 Å². The number of carbonyl (C=O) groups excluding carboxylic acids is 1. The van der Waals surface area contributed by atoms with E-state index in [4.69, 9.17) is 5.73 Å². The zero-order valence-corrected chi connectivity index (χ0v) is 21.2. The van der Waals surface area contributed by atoms with Gasteiger partial charge in [-0.2, -0.15) is 5.10 Å². The highest BCUT2D eigenvalue weighted by Gasteiger charge is 2.46. The molecule has 2 aliphatic rings. The molecule has 0 radical (unpaired) electrons. The van der Waals surface area contributed by atoms with Crippen LogP contribution in [-0.2, 0) is 10.3 Å². The molecule has 0 unspecified atom stereocenters. The van der Waals surface area contributed by atoms with Crippen molar-refractivity contribution in [2.45, 2.75) is 71.0 Å². The van der Waals surface area contributed by atoms with E-state index in [0.29, 0.717) is 17.3 Å². The molecule has 0 bridgehead atoms. The molecule has 2 aromatic heterocycles. The zero-order valence-electron chi connectivity index (χ0n) is 21.2. The molecule has 188 valence electrons. The summed E-state index contributed by atoms with van der Waals surface area (Å²) >= 11 is 0. The Morgan fingerprint density at radius 3 is 2.47 bits per heavy atom. The lowest BCUT2D eigenvalue weighted by molar-refractivity contribution is -0.115. The van der Waals surface area contributed by atoms with Gasteiger partial charge in [-0.3, -0.25) is 14.2 Å². The molecule has 3 aromatic rings. The smallest absolute Gasteiger partial charge is 0.287 e. The van der Waals surface area contributed by atoms with Crippen molar-refractivity contribution in [1.29, 1.82) is 0 Å². The van der Waals surface area contributed by atoms with E-state index in [2.05, 4.69) is 27.3 Å². The summed E-state index contributed by atoms with van der Waals surface area (Å²) < 4.78 is 3.50. The van der Waals surface area contributed by atoms with Gasteiger partial charge in [0.05, 0.1) is 23.6 Å². The van der Waals surface area contributed by atoms with E-state index in [9.17, 15) is 9.59 Å². The number of aliphatic imine (C=N–C) groups is 1. The highest BCUT2D eigenvalue weighted by molar-refractivity contribution is 6.37. The second kappa shape index (κ2) is 9.04. The van der Waals surface area contributed by atoms with Crippen molar-refractivity contribution in [1.82, 2.24) is 24.6 Å². The molecule has 0 aliphatic heterocycles. The fourth-order valence-electron chi connectivity index (χ4n) is 4.71. The van der Waals surface area contributed by atoms with Crippen LogP contribution < -0.4 is 16.6 Å². The minimum atomic E-state index is -0.473. The van der Waals surface area contributed by atoms with Crippen LogP contribution in [0.25, 0.3) is 11.1 Å². The van der Waals surface area contributed by atoms with Gasteiger partial charge in [0.25, 0.3) is 11.5 Å². The number of nitrogens with two attached hydrogens (primary N) is 1. The number of benzene rings is 1. The average Bonchev–Trinajstić information content (AvgIpc) is 3.79. The summed E-state index contributed by atoms with van der Waals surface area (Å²) in [5.74, 6) is 0.650. The molecule has 1 aromatic carbocycles. The van der Waals surface area contributed by atoms with E-state index in [1.165, 1.54) is 0 Å². The Bertz CT molecular complexity index is 1380. The van der Waals surface area contributed by atoms with Crippen LogP contribution in [0, 0.1) is 12.8 Å². The van der Waals surface area contributed by atoms with Crippen LogP contribution in [0.15, 0.2) is 52.8 Å². The molecule has 2 aliphatic carbocycles. The third kappa shape index (κ3) is 4.45. The fraction of sp³-hybridized carbons (Fsp3) is 0.444. The molecule has 3 N–H and O–H groups in total. The fourth-order valence-corrected chi connectivity index (χ4v) is 4.71. The van der Waals surface area contributed by atoms with Crippen molar-refractivity contribution < 1.29 is 4.79 Å². The van der Waals surface area contributed by atoms with Crippen molar-refractivity contribution in [2.24, 2.45) is 16.6 Å². The number of aryl methyl sites for hydroxylation is 1. The van der Waals surface area contributed by atoms with Crippen molar-refractivity contribution in [2.75, 3.05) is 0 Å². The molecule has 9 nitrogen and oxygen atoms in total. The SMILES string of the molecule is Cc1cnn(C(C)C)c1/N=C(\N)C(=O)NC1(c2ccc(-c3cncn([C@H](C)C4CC4)c3=O)cc2)CC1. The molecule has 2 fully saturated rings. The number of carbonyl (C=O) groups is 1. The molecule has 9 heteroatoms. The minimum Gasteiger partial charge on any atom is -0.379 e. The molecule has 2 heterocycles. The van der Waals surface area contributed by atoms with Gasteiger partial charge < -0.3 is 11.1 Å². The van der Waals surface area contributed by atoms with Crippen LogP contribution in [-0.4, -0.2) is 31.1 Å². The third-order valence-corrected chi connectivity index (χ3v) is 7.35. The Morgan fingerprint density at radius 2 is 1.86 bits per heavy atom. The highest BCUT2D eigenvalue weighted by Crippen LogP contribution is 2.46. The number of hydrogen-bond donors (Lipinski definition) is 2. The number of amides is 1. The van der Waals surface area contributed by atoms with Crippen LogP contribution in [0.4, 0.5) is 5.82 Å². The molecular weight excluding hydrogens is 454 g/mol. The Morgan fingerprint density at radius 1 is 1.17 bits per heavy atom. The van der Waals surface area contributed by atoms with E-state index in [1.54, 1.807) is 28.0 Å². The van der Waals surface area contributed by atoms with Gasteiger partial charge in [0.15, 0.2) is 11.7 Å². The minimum absolute atomic E-state index is 0.0218. The number of nitrogens with zero attached hydrogens (tertiary/aromatic N) is 5. The van der Waals surface area contributed by atoms with E-state index in [-0.39, 0.29) is 23.5 Å². The molecule has 2 saturated carbocycles. The van der Waals surface area contributed by atoms with Gasteiger partial charge in [0.1, 0.15) is 0 Å². The van der Waals surface area contributed by atoms with E-state index >= 15 is 0 Å². The van der Waals surface area contributed by atoms with Gasteiger partial charge in [0.2, 0.25) is 0 Å². The molecule has 1 atom stereocenters. The van der Waals surface area contributed by atoms with Crippen molar-refractivity contribution in [3.63, 3.8) is 0 Å². The first-order valence-corrected chi connectivity index (χ1v) is 12.6. The van der Waals surface area contributed by atoms with Gasteiger partial charge in [-0.1, -0.05) is 24.3 Å². The van der Waals surface area contributed by atoms with Crippen LogP contribution >= 0.6 is 0 Å². The predicted molar refractivity (Wildman–Crippen MR) is 139 cm³/mol. The number of rotatable bonds is 7. The molecule has 5 rings (SSSR count). The summed E-state index contributed by atoms with van der Waals surface area (Å²) in [6, 6.07) is 8.04. The van der Waals surface area contributed by atoms with Crippen LogP contribution in [0.3, 0.4) is 0 Å². The summed E-state index contributed by atoms with van der Waals surface area (Å²) in [5, 5.41) is 7.40. The summed E-state index contributed by atoms with van der Waals surface area (Å²) in [5.41, 5.74) is 8.83. The van der Waals surface area contributed by atoms with Crippen molar-refractivity contribution >= 4 is 17.6 Å². The van der Waals surface area contributed by atoms with Gasteiger partial charge in [0, 0.05) is 23.8 Å². The van der Waals surface area contributed by atoms with Crippen LogP contribution in [0.2, 0.25) is 0 Å². The summed E-state index contributed by atoms with van der Waals surface area (Å²) in [6.45, 7) is 7.97. The number of hydrogen-bond acceptors (Lipinski definition) is 5. The Balaban J connectivity index is 1.34. The molecule has 36 heavy (non-hydrogen) atoms. The Hall–Kier alpha value is -3.75. The number of amidine groups is 1. The van der Waals surface area contributed by atoms with Gasteiger partial charge in [-0.15, -0.1) is 0 Å². The lowest BCUT2D eigenvalue weighted by Crippen LogP contribution is -2.42. The highest BCUT2D eigenvalue weighted by atomic mass is 16.2. The van der Waals surface area contributed by atoms with Gasteiger partial charge in [-0.25, -0.2) is 14.7 Å². The van der Waals surface area contributed by atoms with Gasteiger partial charge >= 0.3 is 0 Å². The summed E-state index contributed by atoms with van der Waals surface area (Å²) in [4.78, 5) is 34.8. The third-order valence-electron chi connectivity index (χ3n) is 7.35. The largest absolute Gasteiger partial charge is 0.379 e. The molecular formula is C27H33N7O2. The summed E-state index contributed by atoms with van der Waals surface area (Å²) in [7, 11) is 0.